The molecular formula is C18H14N4O4S. The van der Waals surface area contributed by atoms with Crippen LogP contribution in [0.15, 0.2) is 63.9 Å². The fourth-order valence-corrected chi connectivity index (χ4v) is 2.59. The van der Waals surface area contributed by atoms with Gasteiger partial charge in [0.25, 0.3) is 11.6 Å². The monoisotopic (exact) mass is 382 g/mol. The van der Waals surface area contributed by atoms with Gasteiger partial charge in [0.15, 0.2) is 0 Å². The summed E-state index contributed by atoms with van der Waals surface area (Å²) in [5.41, 5.74) is 1.22. The number of hydrogen-bond acceptors (Lipinski definition) is 7. The molecule has 3 aromatic rings. The van der Waals surface area contributed by atoms with Crippen LogP contribution in [0.1, 0.15) is 5.56 Å². The summed E-state index contributed by atoms with van der Waals surface area (Å²) in [7, 11) is 0. The van der Waals surface area contributed by atoms with Crippen LogP contribution in [-0.2, 0) is 4.79 Å². The molecular weight excluding hydrogens is 368 g/mol. The molecule has 0 saturated heterocycles. The largest absolute Gasteiger partial charge is 0.403 e. The van der Waals surface area contributed by atoms with Crippen molar-refractivity contribution in [2.24, 2.45) is 0 Å². The highest BCUT2D eigenvalue weighted by Gasteiger charge is 2.10. The van der Waals surface area contributed by atoms with Gasteiger partial charge >= 0.3 is 6.01 Å². The van der Waals surface area contributed by atoms with Crippen LogP contribution in [0.25, 0.3) is 17.5 Å². The van der Waals surface area contributed by atoms with Gasteiger partial charge in [0.1, 0.15) is 0 Å². The summed E-state index contributed by atoms with van der Waals surface area (Å²) in [6.07, 6.45) is 4.67. The van der Waals surface area contributed by atoms with Gasteiger partial charge < -0.3 is 4.42 Å². The zero-order valence-electron chi connectivity index (χ0n) is 14.2. The lowest BCUT2D eigenvalue weighted by molar-refractivity contribution is -0.384. The molecule has 3 rings (SSSR count). The van der Waals surface area contributed by atoms with Gasteiger partial charge in [0.2, 0.25) is 5.89 Å². The van der Waals surface area contributed by atoms with Crippen LogP contribution < -0.4 is 5.32 Å². The molecule has 1 N–H and O–H groups in total. The molecule has 0 aliphatic rings. The summed E-state index contributed by atoms with van der Waals surface area (Å²) >= 11 is 1.62. The number of nitrogens with one attached hydrogen (secondary N) is 1. The van der Waals surface area contributed by atoms with Gasteiger partial charge in [0, 0.05) is 28.7 Å². The molecule has 0 fully saturated rings. The van der Waals surface area contributed by atoms with E-state index < -0.39 is 10.8 Å². The molecule has 9 heteroatoms. The number of aromatic nitrogens is 2. The van der Waals surface area contributed by atoms with Crippen molar-refractivity contribution in [3.05, 3.63) is 70.3 Å². The second kappa shape index (κ2) is 8.28. The van der Waals surface area contributed by atoms with Crippen molar-refractivity contribution in [3.63, 3.8) is 0 Å². The van der Waals surface area contributed by atoms with E-state index in [2.05, 4.69) is 15.5 Å². The van der Waals surface area contributed by atoms with Crippen molar-refractivity contribution in [2.75, 3.05) is 11.6 Å². The highest BCUT2D eigenvalue weighted by Crippen LogP contribution is 2.23. The molecule has 0 spiro atoms. The molecule has 0 aliphatic carbocycles. The lowest BCUT2D eigenvalue weighted by Crippen LogP contribution is -2.07. The lowest BCUT2D eigenvalue weighted by atomic mass is 10.2. The van der Waals surface area contributed by atoms with E-state index in [1.807, 2.05) is 30.5 Å². The van der Waals surface area contributed by atoms with Gasteiger partial charge in [-0.25, -0.2) is 0 Å². The van der Waals surface area contributed by atoms with Crippen molar-refractivity contribution in [1.29, 1.82) is 0 Å². The minimum Gasteiger partial charge on any atom is -0.403 e. The first-order valence-corrected chi connectivity index (χ1v) is 8.99. The molecule has 1 aromatic heterocycles. The van der Waals surface area contributed by atoms with E-state index in [0.717, 1.165) is 10.5 Å². The Morgan fingerprint density at radius 3 is 2.70 bits per heavy atom. The Hall–Kier alpha value is -3.46. The van der Waals surface area contributed by atoms with Crippen molar-refractivity contribution in [3.8, 4) is 11.5 Å². The molecule has 0 bridgehead atoms. The first kappa shape index (κ1) is 18.3. The minimum absolute atomic E-state index is 0.0346. The van der Waals surface area contributed by atoms with E-state index in [9.17, 15) is 14.9 Å². The quantitative estimate of drug-likeness (QED) is 0.297. The molecule has 136 valence electrons. The number of nitro benzene ring substituents is 1. The van der Waals surface area contributed by atoms with Crippen molar-refractivity contribution >= 4 is 35.4 Å². The zero-order valence-corrected chi connectivity index (χ0v) is 15.0. The van der Waals surface area contributed by atoms with E-state index in [1.54, 1.807) is 23.9 Å². The number of carbonyl (C=O) groups is 1. The van der Waals surface area contributed by atoms with Crippen LogP contribution in [0.3, 0.4) is 0 Å². The van der Waals surface area contributed by atoms with Crippen LogP contribution >= 0.6 is 11.8 Å². The molecule has 0 unspecified atom stereocenters. The third-order valence-electron chi connectivity index (χ3n) is 3.50. The molecule has 0 radical (unpaired) electrons. The molecule has 0 aliphatic heterocycles. The van der Waals surface area contributed by atoms with Gasteiger partial charge in [-0.1, -0.05) is 17.2 Å². The van der Waals surface area contributed by atoms with Gasteiger partial charge in [-0.2, -0.15) is 0 Å². The number of carbonyl (C=O) groups excluding carboxylic acids is 1. The van der Waals surface area contributed by atoms with Crippen LogP contribution in [0.2, 0.25) is 0 Å². The predicted octanol–water partition coefficient (Wildman–Crippen LogP) is 4.02. The van der Waals surface area contributed by atoms with Crippen molar-refractivity contribution < 1.29 is 14.1 Å². The molecule has 1 amide bonds. The maximum Gasteiger partial charge on any atom is 0.322 e. The van der Waals surface area contributed by atoms with Gasteiger partial charge in [-0.3, -0.25) is 20.2 Å². The molecule has 27 heavy (non-hydrogen) atoms. The Kier molecular flexibility index (Phi) is 5.62. The van der Waals surface area contributed by atoms with Gasteiger partial charge in [-0.15, -0.1) is 16.9 Å². The van der Waals surface area contributed by atoms with Gasteiger partial charge in [-0.05, 0) is 42.2 Å². The molecule has 0 saturated carbocycles. The Balaban J connectivity index is 1.65. The topological polar surface area (TPSA) is 111 Å². The number of amides is 1. The Morgan fingerprint density at radius 2 is 2.00 bits per heavy atom. The Labute approximate surface area is 158 Å². The number of thioether (sulfide) groups is 1. The van der Waals surface area contributed by atoms with E-state index in [0.29, 0.717) is 11.5 Å². The normalized spacial score (nSPS) is 10.9. The number of nitrogens with zero attached hydrogens (tertiary/aromatic N) is 3. The maximum atomic E-state index is 12.0. The third kappa shape index (κ3) is 4.79. The summed E-state index contributed by atoms with van der Waals surface area (Å²) in [5, 5.41) is 20.9. The average Bonchev–Trinajstić information content (AvgIpc) is 3.15. The predicted molar refractivity (Wildman–Crippen MR) is 102 cm³/mol. The summed E-state index contributed by atoms with van der Waals surface area (Å²) < 4.78 is 5.43. The number of hydrogen-bond donors (Lipinski definition) is 1. The lowest BCUT2D eigenvalue weighted by Gasteiger charge is -1.98. The third-order valence-corrected chi connectivity index (χ3v) is 4.24. The van der Waals surface area contributed by atoms with Crippen LogP contribution in [0, 0.1) is 10.1 Å². The van der Waals surface area contributed by atoms with Crippen molar-refractivity contribution in [1.82, 2.24) is 10.2 Å². The number of nitro groups is 1. The van der Waals surface area contributed by atoms with Gasteiger partial charge in [0.05, 0.1) is 4.92 Å². The maximum absolute atomic E-state index is 12.0. The second-order valence-electron chi connectivity index (χ2n) is 5.32. The Morgan fingerprint density at radius 1 is 1.22 bits per heavy atom. The first-order chi connectivity index (χ1) is 13.0. The molecule has 1 heterocycles. The number of anilines is 1. The van der Waals surface area contributed by atoms with Crippen LogP contribution in [-0.4, -0.2) is 27.3 Å². The SMILES string of the molecule is CSc1ccc(-c2nnc(NC(=O)/C=C/c3cccc([N+](=O)[O-])c3)o2)cc1. The van der Waals surface area contributed by atoms with E-state index in [1.165, 1.54) is 24.3 Å². The highest BCUT2D eigenvalue weighted by atomic mass is 32.2. The van der Waals surface area contributed by atoms with Crippen LogP contribution in [0.5, 0.6) is 0 Å². The molecule has 8 nitrogen and oxygen atoms in total. The number of benzene rings is 2. The molecule has 0 atom stereocenters. The summed E-state index contributed by atoms with van der Waals surface area (Å²) in [4.78, 5) is 23.3. The van der Waals surface area contributed by atoms with E-state index in [-0.39, 0.29) is 11.7 Å². The van der Waals surface area contributed by atoms with Crippen LogP contribution in [0.4, 0.5) is 11.7 Å². The van der Waals surface area contributed by atoms with E-state index in [4.69, 9.17) is 4.42 Å². The fourth-order valence-electron chi connectivity index (χ4n) is 2.18. The molecule has 2 aromatic carbocycles. The number of rotatable bonds is 6. The first-order valence-electron chi connectivity index (χ1n) is 7.76. The zero-order chi connectivity index (χ0) is 19.2. The van der Waals surface area contributed by atoms with Crippen molar-refractivity contribution in [2.45, 2.75) is 4.90 Å². The second-order valence-corrected chi connectivity index (χ2v) is 6.20. The highest BCUT2D eigenvalue weighted by molar-refractivity contribution is 7.98. The van der Waals surface area contributed by atoms with E-state index >= 15 is 0 Å². The summed E-state index contributed by atoms with van der Waals surface area (Å²) in [5.74, 6) is -0.199. The number of non-ortho nitro benzene ring substituents is 1. The summed E-state index contributed by atoms with van der Waals surface area (Å²) in [6.45, 7) is 0. The minimum atomic E-state index is -0.497. The standard InChI is InChI=1S/C18H14N4O4S/c1-27-15-8-6-13(7-9-15)17-20-21-18(26-17)19-16(23)10-5-12-3-2-4-14(11-12)22(24)25/h2-11H,1H3,(H,19,21,23)/b10-5+. The summed E-state index contributed by atoms with van der Waals surface area (Å²) in [6, 6.07) is 13.5. The average molecular weight is 382 g/mol. The fraction of sp³-hybridized carbons (Fsp3) is 0.0556. The Bertz CT molecular complexity index is 999. The smallest absolute Gasteiger partial charge is 0.322 e.